The fraction of sp³-hybridized carbons (Fsp3) is 0.125. The molecule has 3 aromatic carbocycles. The van der Waals surface area contributed by atoms with E-state index in [1.54, 1.807) is 0 Å². The standard InChI is InChI=1S/C24H22N2/c1-17-4-10-21(11-5-17)26(22-12-6-18(2)7-13-22)23-14-15-24-20(16-23)9-8-19(3)25-24/h4-16H,1-3H3. The van der Waals surface area contributed by atoms with E-state index in [1.807, 2.05) is 6.92 Å². The number of aryl methyl sites for hydroxylation is 3. The van der Waals surface area contributed by atoms with Crippen LogP contribution in [0.15, 0.2) is 78.9 Å². The van der Waals surface area contributed by atoms with Gasteiger partial charge >= 0.3 is 0 Å². The number of anilines is 3. The Hall–Kier alpha value is -3.13. The van der Waals surface area contributed by atoms with Crippen molar-refractivity contribution >= 4 is 28.0 Å². The van der Waals surface area contributed by atoms with Gasteiger partial charge in [0.05, 0.1) is 5.52 Å². The molecular formula is C24H22N2. The van der Waals surface area contributed by atoms with Gasteiger partial charge in [0.2, 0.25) is 0 Å². The van der Waals surface area contributed by atoms with Crippen LogP contribution in [0.1, 0.15) is 16.8 Å². The van der Waals surface area contributed by atoms with E-state index in [1.165, 1.54) is 11.1 Å². The Bertz CT molecular complexity index is 1000. The largest absolute Gasteiger partial charge is 0.310 e. The molecule has 0 fully saturated rings. The van der Waals surface area contributed by atoms with Crippen LogP contribution < -0.4 is 4.90 Å². The lowest BCUT2D eigenvalue weighted by molar-refractivity contribution is 1.24. The molecule has 0 spiro atoms. The van der Waals surface area contributed by atoms with Crippen molar-refractivity contribution in [3.63, 3.8) is 0 Å². The molecule has 4 rings (SSSR count). The Labute approximate surface area is 154 Å². The van der Waals surface area contributed by atoms with Gasteiger partial charge in [-0.25, -0.2) is 0 Å². The molecule has 0 aliphatic carbocycles. The maximum Gasteiger partial charge on any atom is 0.0706 e. The highest BCUT2D eigenvalue weighted by Crippen LogP contribution is 2.35. The number of fused-ring (bicyclic) bond motifs is 1. The second kappa shape index (κ2) is 6.64. The third-order valence-corrected chi connectivity index (χ3v) is 4.65. The van der Waals surface area contributed by atoms with E-state index in [0.29, 0.717) is 0 Å². The van der Waals surface area contributed by atoms with Crippen LogP contribution in [0, 0.1) is 20.8 Å². The maximum absolute atomic E-state index is 4.63. The minimum Gasteiger partial charge on any atom is -0.310 e. The Kier molecular flexibility index (Phi) is 4.18. The molecule has 0 atom stereocenters. The van der Waals surface area contributed by atoms with Crippen molar-refractivity contribution in [1.29, 1.82) is 0 Å². The molecular weight excluding hydrogens is 316 g/mol. The van der Waals surface area contributed by atoms with Crippen molar-refractivity contribution in [2.24, 2.45) is 0 Å². The monoisotopic (exact) mass is 338 g/mol. The average Bonchev–Trinajstić information content (AvgIpc) is 2.65. The molecule has 0 saturated carbocycles. The molecule has 0 unspecified atom stereocenters. The number of nitrogens with zero attached hydrogens (tertiary/aromatic N) is 2. The van der Waals surface area contributed by atoms with Crippen LogP contribution in [0.3, 0.4) is 0 Å². The minimum atomic E-state index is 1.03. The molecule has 26 heavy (non-hydrogen) atoms. The molecule has 0 amide bonds. The zero-order valence-electron chi connectivity index (χ0n) is 15.4. The van der Waals surface area contributed by atoms with E-state index in [4.69, 9.17) is 0 Å². The Morgan fingerprint density at radius 3 is 1.69 bits per heavy atom. The smallest absolute Gasteiger partial charge is 0.0706 e. The first-order valence-electron chi connectivity index (χ1n) is 8.91. The van der Waals surface area contributed by atoms with Crippen molar-refractivity contribution < 1.29 is 0 Å². The van der Waals surface area contributed by atoms with Gasteiger partial charge in [0.1, 0.15) is 0 Å². The lowest BCUT2D eigenvalue weighted by Gasteiger charge is -2.26. The quantitative estimate of drug-likeness (QED) is 0.417. The molecule has 0 bridgehead atoms. The summed E-state index contributed by atoms with van der Waals surface area (Å²) in [5.41, 5.74) is 8.03. The van der Waals surface area contributed by atoms with E-state index in [9.17, 15) is 0 Å². The van der Waals surface area contributed by atoms with Crippen LogP contribution >= 0.6 is 0 Å². The van der Waals surface area contributed by atoms with E-state index in [2.05, 4.69) is 103 Å². The van der Waals surface area contributed by atoms with Gasteiger partial charge in [-0.15, -0.1) is 0 Å². The maximum atomic E-state index is 4.63. The van der Waals surface area contributed by atoms with Crippen LogP contribution in [0.5, 0.6) is 0 Å². The topological polar surface area (TPSA) is 16.1 Å². The van der Waals surface area contributed by atoms with Crippen LogP contribution in [-0.2, 0) is 0 Å². The number of hydrogen-bond acceptors (Lipinski definition) is 2. The first-order chi connectivity index (χ1) is 12.6. The summed E-state index contributed by atoms with van der Waals surface area (Å²) in [6.45, 7) is 6.26. The second-order valence-corrected chi connectivity index (χ2v) is 6.84. The Morgan fingerprint density at radius 2 is 1.12 bits per heavy atom. The van der Waals surface area contributed by atoms with E-state index in [-0.39, 0.29) is 0 Å². The van der Waals surface area contributed by atoms with Gasteiger partial charge < -0.3 is 4.90 Å². The molecule has 1 aromatic heterocycles. The van der Waals surface area contributed by atoms with Gasteiger partial charge in [0.15, 0.2) is 0 Å². The molecule has 0 N–H and O–H groups in total. The van der Waals surface area contributed by atoms with Crippen molar-refractivity contribution in [3.8, 4) is 0 Å². The highest BCUT2D eigenvalue weighted by Gasteiger charge is 2.13. The number of aromatic nitrogens is 1. The van der Waals surface area contributed by atoms with E-state index in [0.717, 1.165) is 33.7 Å². The van der Waals surface area contributed by atoms with Crippen LogP contribution in [-0.4, -0.2) is 4.98 Å². The first-order valence-corrected chi connectivity index (χ1v) is 8.91. The molecule has 128 valence electrons. The minimum absolute atomic E-state index is 1.03. The average molecular weight is 338 g/mol. The molecule has 0 saturated heterocycles. The number of benzene rings is 3. The van der Waals surface area contributed by atoms with Gasteiger partial charge in [-0.1, -0.05) is 41.5 Å². The van der Waals surface area contributed by atoms with Crippen LogP contribution in [0.25, 0.3) is 10.9 Å². The van der Waals surface area contributed by atoms with Gasteiger partial charge in [-0.2, -0.15) is 0 Å². The summed E-state index contributed by atoms with van der Waals surface area (Å²) in [6, 6.07) is 28.0. The van der Waals surface area contributed by atoms with Crippen molar-refractivity contribution in [2.75, 3.05) is 4.90 Å². The molecule has 0 aliphatic rings. The highest BCUT2D eigenvalue weighted by atomic mass is 15.1. The number of pyridine rings is 1. The van der Waals surface area contributed by atoms with Crippen LogP contribution in [0.2, 0.25) is 0 Å². The lowest BCUT2D eigenvalue weighted by Crippen LogP contribution is -2.10. The summed E-state index contributed by atoms with van der Waals surface area (Å²) in [5.74, 6) is 0. The molecule has 1 heterocycles. The van der Waals surface area contributed by atoms with Gasteiger partial charge in [-0.05, 0) is 69.3 Å². The van der Waals surface area contributed by atoms with Gasteiger partial charge in [0.25, 0.3) is 0 Å². The summed E-state index contributed by atoms with van der Waals surface area (Å²) >= 11 is 0. The van der Waals surface area contributed by atoms with Crippen molar-refractivity contribution in [1.82, 2.24) is 4.98 Å². The van der Waals surface area contributed by atoms with E-state index < -0.39 is 0 Å². The lowest BCUT2D eigenvalue weighted by atomic mass is 10.1. The van der Waals surface area contributed by atoms with Gasteiger partial charge in [0, 0.05) is 28.1 Å². The predicted molar refractivity (Wildman–Crippen MR) is 111 cm³/mol. The zero-order valence-corrected chi connectivity index (χ0v) is 15.4. The third kappa shape index (κ3) is 3.18. The summed E-state index contributed by atoms with van der Waals surface area (Å²) in [7, 11) is 0. The van der Waals surface area contributed by atoms with Crippen molar-refractivity contribution in [3.05, 3.63) is 95.7 Å². The third-order valence-electron chi connectivity index (χ3n) is 4.65. The second-order valence-electron chi connectivity index (χ2n) is 6.84. The fourth-order valence-electron chi connectivity index (χ4n) is 3.19. The molecule has 0 radical (unpaired) electrons. The summed E-state index contributed by atoms with van der Waals surface area (Å²) in [5, 5.41) is 1.15. The zero-order chi connectivity index (χ0) is 18.1. The summed E-state index contributed by atoms with van der Waals surface area (Å²) in [6.07, 6.45) is 0. The SMILES string of the molecule is Cc1ccc(N(c2ccc(C)cc2)c2ccc3nc(C)ccc3c2)cc1. The van der Waals surface area contributed by atoms with Crippen LogP contribution in [0.4, 0.5) is 17.1 Å². The summed E-state index contributed by atoms with van der Waals surface area (Å²) < 4.78 is 0. The van der Waals surface area contributed by atoms with Gasteiger partial charge in [-0.3, -0.25) is 4.98 Å². The normalized spacial score (nSPS) is 10.9. The Morgan fingerprint density at radius 1 is 0.577 bits per heavy atom. The van der Waals surface area contributed by atoms with Crippen molar-refractivity contribution in [2.45, 2.75) is 20.8 Å². The molecule has 2 heteroatoms. The first kappa shape index (κ1) is 16.3. The Balaban J connectivity index is 1.88. The van der Waals surface area contributed by atoms with E-state index >= 15 is 0 Å². The summed E-state index contributed by atoms with van der Waals surface area (Å²) in [4.78, 5) is 6.92. The fourth-order valence-corrected chi connectivity index (χ4v) is 3.19. The predicted octanol–water partition coefficient (Wildman–Crippen LogP) is 6.63. The molecule has 4 aromatic rings. The number of rotatable bonds is 3. The molecule has 2 nitrogen and oxygen atoms in total. The molecule has 0 aliphatic heterocycles. The number of hydrogen-bond donors (Lipinski definition) is 0. The highest BCUT2D eigenvalue weighted by molar-refractivity contribution is 5.87.